The lowest BCUT2D eigenvalue weighted by Crippen LogP contribution is -1.90. The van der Waals surface area contributed by atoms with E-state index in [1.54, 1.807) is 0 Å². The summed E-state index contributed by atoms with van der Waals surface area (Å²) in [5.41, 5.74) is 0. The molecule has 0 aliphatic carbocycles. The van der Waals surface area contributed by atoms with Gasteiger partial charge in [0.15, 0.2) is 0 Å². The van der Waals surface area contributed by atoms with Gasteiger partial charge >= 0.3 is 0 Å². The molecule has 1 rings (SSSR count). The first-order chi connectivity index (χ1) is 5.22. The maximum Gasteiger partial charge on any atom is 0.121 e. The van der Waals surface area contributed by atoms with Crippen molar-refractivity contribution in [3.63, 3.8) is 0 Å². The first kappa shape index (κ1) is 9.07. The minimum absolute atomic E-state index is 0.683. The van der Waals surface area contributed by atoms with Gasteiger partial charge in [-0.1, -0.05) is 0 Å². The van der Waals surface area contributed by atoms with Crippen LogP contribution in [0.2, 0.25) is 0 Å². The Bertz CT molecular complexity index is 228. The Labute approximate surface area is 83.0 Å². The molecule has 0 atom stereocenters. The van der Waals surface area contributed by atoms with Gasteiger partial charge in [0, 0.05) is 15.0 Å². The zero-order valence-corrected chi connectivity index (χ0v) is 9.20. The fourth-order valence-electron chi connectivity index (χ4n) is 0.728. The summed E-state index contributed by atoms with van der Waals surface area (Å²) in [6.07, 6.45) is 0. The van der Waals surface area contributed by atoms with Gasteiger partial charge in [-0.3, -0.25) is 0 Å². The highest BCUT2D eigenvalue weighted by Gasteiger charge is 1.96. The van der Waals surface area contributed by atoms with Crippen molar-refractivity contribution in [1.29, 1.82) is 0 Å². The zero-order valence-electron chi connectivity index (χ0n) is 6.03. The summed E-state index contributed by atoms with van der Waals surface area (Å²) >= 11 is 6.63. The molecule has 11 heavy (non-hydrogen) atoms. The van der Waals surface area contributed by atoms with Gasteiger partial charge in [0.05, 0.1) is 6.61 Å². The Hall–Kier alpha value is -0.0200. The van der Waals surface area contributed by atoms with Crippen molar-refractivity contribution < 1.29 is 4.74 Å². The maximum absolute atomic E-state index is 5.29. The van der Waals surface area contributed by atoms with Crippen molar-refractivity contribution >= 4 is 31.9 Å². The summed E-state index contributed by atoms with van der Waals surface area (Å²) in [4.78, 5) is 0. The van der Waals surface area contributed by atoms with Gasteiger partial charge in [0.2, 0.25) is 0 Å². The molecule has 59 valence electrons. The fraction of sp³-hybridized carbons (Fsp3) is 0.250. The highest BCUT2D eigenvalue weighted by molar-refractivity contribution is 9.11. The van der Waals surface area contributed by atoms with E-state index < -0.39 is 0 Å². The quantitative estimate of drug-likeness (QED) is 0.806. The van der Waals surface area contributed by atoms with Crippen molar-refractivity contribution in [2.75, 3.05) is 6.61 Å². The summed E-state index contributed by atoms with van der Waals surface area (Å²) in [6.45, 7) is 2.64. The first-order valence-electron chi connectivity index (χ1n) is 3.23. The standard InChI is InChI=1S/C8H7Br2O/c1-2-11-8-4-6(9)3-7(10)5-8/h4-5H,2H2,1H3. The van der Waals surface area contributed by atoms with Gasteiger partial charge < -0.3 is 4.74 Å². The van der Waals surface area contributed by atoms with E-state index in [9.17, 15) is 0 Å². The number of hydrogen-bond donors (Lipinski definition) is 0. The molecule has 0 aliphatic heterocycles. The Balaban J connectivity index is 2.89. The van der Waals surface area contributed by atoms with E-state index in [0.29, 0.717) is 6.61 Å². The van der Waals surface area contributed by atoms with Crippen molar-refractivity contribution in [3.05, 3.63) is 27.1 Å². The molecule has 0 bridgehead atoms. The van der Waals surface area contributed by atoms with E-state index in [2.05, 4.69) is 37.9 Å². The molecule has 0 unspecified atom stereocenters. The lowest BCUT2D eigenvalue weighted by Gasteiger charge is -2.02. The second-order valence-corrected chi connectivity index (χ2v) is 3.65. The molecular formula is C8H7Br2O. The van der Waals surface area contributed by atoms with Crippen LogP contribution in [-0.2, 0) is 0 Å². The van der Waals surface area contributed by atoms with Crippen LogP contribution in [0, 0.1) is 6.07 Å². The average Bonchev–Trinajstić information content (AvgIpc) is 1.85. The molecule has 3 heteroatoms. The predicted octanol–water partition coefficient (Wildman–Crippen LogP) is 3.41. The third-order valence-electron chi connectivity index (χ3n) is 1.09. The summed E-state index contributed by atoms with van der Waals surface area (Å²) in [7, 11) is 0. The molecule has 0 aliphatic rings. The lowest BCUT2D eigenvalue weighted by atomic mass is 10.3. The Morgan fingerprint density at radius 2 is 1.91 bits per heavy atom. The van der Waals surface area contributed by atoms with Gasteiger partial charge in [-0.05, 0) is 50.9 Å². The number of benzene rings is 1. The summed E-state index contributed by atoms with van der Waals surface area (Å²) < 4.78 is 7.08. The molecule has 1 nitrogen and oxygen atoms in total. The molecule has 0 saturated carbocycles. The predicted molar refractivity (Wildman–Crippen MR) is 51.8 cm³/mol. The smallest absolute Gasteiger partial charge is 0.121 e. The Morgan fingerprint density at radius 3 is 2.36 bits per heavy atom. The third-order valence-corrected chi connectivity index (χ3v) is 1.94. The second-order valence-electron chi connectivity index (χ2n) is 1.94. The van der Waals surface area contributed by atoms with Crippen LogP contribution in [0.1, 0.15) is 6.92 Å². The second kappa shape index (κ2) is 4.12. The molecule has 0 amide bonds. The maximum atomic E-state index is 5.29. The fourth-order valence-corrected chi connectivity index (χ4v) is 1.87. The van der Waals surface area contributed by atoms with Crippen LogP contribution in [0.5, 0.6) is 5.75 Å². The molecule has 0 aromatic heterocycles. The van der Waals surface area contributed by atoms with Gasteiger partial charge in [-0.25, -0.2) is 0 Å². The van der Waals surface area contributed by atoms with E-state index in [-0.39, 0.29) is 0 Å². The number of hydrogen-bond acceptors (Lipinski definition) is 1. The topological polar surface area (TPSA) is 9.23 Å². The molecule has 0 spiro atoms. The van der Waals surface area contributed by atoms with Gasteiger partial charge in [-0.15, -0.1) is 0 Å². The molecule has 0 saturated heterocycles. The largest absolute Gasteiger partial charge is 0.494 e. The van der Waals surface area contributed by atoms with Crippen molar-refractivity contribution in [3.8, 4) is 5.75 Å². The van der Waals surface area contributed by atoms with E-state index in [1.807, 2.05) is 19.1 Å². The third kappa shape index (κ3) is 2.83. The lowest BCUT2D eigenvalue weighted by molar-refractivity contribution is 0.340. The van der Waals surface area contributed by atoms with Gasteiger partial charge in [-0.2, -0.15) is 0 Å². The van der Waals surface area contributed by atoms with Crippen molar-refractivity contribution in [2.45, 2.75) is 6.92 Å². The number of rotatable bonds is 2. The van der Waals surface area contributed by atoms with E-state index in [4.69, 9.17) is 4.74 Å². The van der Waals surface area contributed by atoms with Gasteiger partial charge in [0.1, 0.15) is 5.75 Å². The van der Waals surface area contributed by atoms with Crippen LogP contribution in [0.25, 0.3) is 0 Å². The number of halogens is 2. The molecule has 0 heterocycles. The molecule has 1 aromatic rings. The SMILES string of the molecule is CCOc1cc(Br)[c]c(Br)c1. The van der Waals surface area contributed by atoms with Crippen molar-refractivity contribution in [2.24, 2.45) is 0 Å². The van der Waals surface area contributed by atoms with Crippen LogP contribution in [0.15, 0.2) is 21.1 Å². The molecular weight excluding hydrogens is 272 g/mol. The molecule has 1 radical (unpaired) electrons. The Kier molecular flexibility index (Phi) is 3.40. The molecule has 1 aromatic carbocycles. The molecule has 0 fully saturated rings. The van der Waals surface area contributed by atoms with Crippen LogP contribution >= 0.6 is 31.9 Å². The Morgan fingerprint density at radius 1 is 1.36 bits per heavy atom. The van der Waals surface area contributed by atoms with E-state index in [0.717, 1.165) is 14.7 Å². The van der Waals surface area contributed by atoms with Crippen molar-refractivity contribution in [1.82, 2.24) is 0 Å². The minimum Gasteiger partial charge on any atom is -0.494 e. The van der Waals surface area contributed by atoms with Crippen LogP contribution in [0.3, 0.4) is 0 Å². The minimum atomic E-state index is 0.683. The monoisotopic (exact) mass is 277 g/mol. The first-order valence-corrected chi connectivity index (χ1v) is 4.82. The normalized spacial score (nSPS) is 9.73. The van der Waals surface area contributed by atoms with Crippen LogP contribution in [-0.4, -0.2) is 6.61 Å². The zero-order chi connectivity index (χ0) is 8.27. The highest BCUT2D eigenvalue weighted by atomic mass is 79.9. The van der Waals surface area contributed by atoms with Gasteiger partial charge in [0.25, 0.3) is 0 Å². The summed E-state index contributed by atoms with van der Waals surface area (Å²) in [5, 5.41) is 0. The molecule has 0 N–H and O–H groups in total. The highest BCUT2D eigenvalue weighted by Crippen LogP contribution is 2.23. The van der Waals surface area contributed by atoms with Crippen LogP contribution in [0.4, 0.5) is 0 Å². The van der Waals surface area contributed by atoms with E-state index >= 15 is 0 Å². The summed E-state index contributed by atoms with van der Waals surface area (Å²) in [5.74, 6) is 0.852. The summed E-state index contributed by atoms with van der Waals surface area (Å²) in [6, 6.07) is 6.79. The number of ether oxygens (including phenoxy) is 1. The van der Waals surface area contributed by atoms with E-state index in [1.165, 1.54) is 0 Å². The average molecular weight is 279 g/mol. The van der Waals surface area contributed by atoms with Crippen LogP contribution < -0.4 is 4.74 Å².